The molecule has 1 heterocycles. The smallest absolute Gasteiger partial charge is 0.222 e. The minimum absolute atomic E-state index is 0.212. The van der Waals surface area contributed by atoms with Crippen LogP contribution in [0.4, 0.5) is 0 Å². The molecule has 18 heavy (non-hydrogen) atoms. The van der Waals surface area contributed by atoms with Crippen molar-refractivity contribution >= 4 is 17.5 Å². The fraction of sp³-hybridized carbons (Fsp3) is 0.500. The van der Waals surface area contributed by atoms with Crippen LogP contribution in [-0.2, 0) is 16.0 Å². The number of nitrogens with zero attached hydrogens (tertiary/aromatic N) is 1. The van der Waals surface area contributed by atoms with Crippen molar-refractivity contribution in [2.75, 3.05) is 20.2 Å². The van der Waals surface area contributed by atoms with Crippen LogP contribution >= 0.6 is 11.6 Å². The molecule has 1 fully saturated rings. The van der Waals surface area contributed by atoms with Crippen LogP contribution in [-0.4, -0.2) is 37.1 Å². The van der Waals surface area contributed by atoms with E-state index >= 15 is 0 Å². The number of methoxy groups -OCH3 is 1. The van der Waals surface area contributed by atoms with E-state index in [1.54, 1.807) is 7.11 Å². The Hall–Kier alpha value is -1.06. The number of aryl methyl sites for hydroxylation is 1. The van der Waals surface area contributed by atoms with E-state index in [1.807, 2.05) is 29.2 Å². The van der Waals surface area contributed by atoms with Gasteiger partial charge in [-0.3, -0.25) is 4.79 Å². The van der Waals surface area contributed by atoms with E-state index < -0.39 is 0 Å². The summed E-state index contributed by atoms with van der Waals surface area (Å²) < 4.78 is 5.26. The highest BCUT2D eigenvalue weighted by molar-refractivity contribution is 6.30. The molecule has 1 aliphatic rings. The molecule has 1 unspecified atom stereocenters. The standard InChI is InChI=1S/C14H18ClNO2/c1-18-13-8-9-16(10-13)14(17)7-4-11-2-5-12(15)6-3-11/h2-3,5-6,13H,4,7-10H2,1H3. The van der Waals surface area contributed by atoms with Crippen molar-refractivity contribution in [2.45, 2.75) is 25.4 Å². The molecule has 0 saturated carbocycles. The van der Waals surface area contributed by atoms with Crippen molar-refractivity contribution in [1.29, 1.82) is 0 Å². The molecule has 0 bridgehead atoms. The fourth-order valence-electron chi connectivity index (χ4n) is 2.21. The summed E-state index contributed by atoms with van der Waals surface area (Å²) in [5.41, 5.74) is 1.15. The Balaban J connectivity index is 1.80. The lowest BCUT2D eigenvalue weighted by molar-refractivity contribution is -0.130. The molecule has 98 valence electrons. The van der Waals surface area contributed by atoms with Gasteiger partial charge in [-0.1, -0.05) is 23.7 Å². The average molecular weight is 268 g/mol. The first-order valence-corrected chi connectivity index (χ1v) is 6.62. The van der Waals surface area contributed by atoms with E-state index in [9.17, 15) is 4.79 Å². The quantitative estimate of drug-likeness (QED) is 0.839. The van der Waals surface area contributed by atoms with Crippen LogP contribution in [0, 0.1) is 0 Å². The minimum atomic E-state index is 0.212. The van der Waals surface area contributed by atoms with Gasteiger partial charge in [0, 0.05) is 31.6 Å². The Morgan fingerprint density at radius 1 is 1.44 bits per heavy atom. The largest absolute Gasteiger partial charge is 0.380 e. The summed E-state index contributed by atoms with van der Waals surface area (Å²) in [5, 5.41) is 0.729. The van der Waals surface area contributed by atoms with Crippen LogP contribution in [0.5, 0.6) is 0 Å². The highest BCUT2D eigenvalue weighted by Crippen LogP contribution is 2.15. The normalized spacial score (nSPS) is 19.2. The van der Waals surface area contributed by atoms with E-state index in [0.717, 1.165) is 36.5 Å². The van der Waals surface area contributed by atoms with Crippen LogP contribution in [0.1, 0.15) is 18.4 Å². The zero-order valence-electron chi connectivity index (χ0n) is 10.6. The summed E-state index contributed by atoms with van der Waals surface area (Å²) in [6.45, 7) is 1.55. The number of hydrogen-bond donors (Lipinski definition) is 0. The predicted molar refractivity (Wildman–Crippen MR) is 71.8 cm³/mol. The predicted octanol–water partition coefficient (Wildman–Crippen LogP) is 2.52. The first-order valence-electron chi connectivity index (χ1n) is 6.24. The number of amides is 1. The summed E-state index contributed by atoms with van der Waals surface area (Å²) in [5.74, 6) is 0.213. The molecule has 3 nitrogen and oxygen atoms in total. The molecule has 1 amide bonds. The highest BCUT2D eigenvalue weighted by atomic mass is 35.5. The zero-order valence-corrected chi connectivity index (χ0v) is 11.3. The van der Waals surface area contributed by atoms with E-state index in [0.29, 0.717) is 6.42 Å². The van der Waals surface area contributed by atoms with Gasteiger partial charge in [-0.25, -0.2) is 0 Å². The van der Waals surface area contributed by atoms with Gasteiger partial charge in [-0.2, -0.15) is 0 Å². The van der Waals surface area contributed by atoms with Gasteiger partial charge < -0.3 is 9.64 Å². The number of halogens is 1. The van der Waals surface area contributed by atoms with Gasteiger partial charge >= 0.3 is 0 Å². The topological polar surface area (TPSA) is 29.5 Å². The van der Waals surface area contributed by atoms with E-state index in [-0.39, 0.29) is 12.0 Å². The van der Waals surface area contributed by atoms with Crippen molar-refractivity contribution in [3.05, 3.63) is 34.9 Å². The molecule has 1 aliphatic heterocycles. The molecule has 4 heteroatoms. The number of rotatable bonds is 4. The van der Waals surface area contributed by atoms with Crippen molar-refractivity contribution in [3.63, 3.8) is 0 Å². The maximum absolute atomic E-state index is 12.0. The van der Waals surface area contributed by atoms with E-state index in [1.165, 1.54) is 0 Å². The third kappa shape index (κ3) is 3.47. The minimum Gasteiger partial charge on any atom is -0.380 e. The second-order valence-corrected chi connectivity index (χ2v) is 5.05. The van der Waals surface area contributed by atoms with Crippen LogP contribution in [0.3, 0.4) is 0 Å². The molecule has 0 N–H and O–H groups in total. The lowest BCUT2D eigenvalue weighted by Gasteiger charge is -2.16. The second-order valence-electron chi connectivity index (χ2n) is 4.61. The van der Waals surface area contributed by atoms with Crippen molar-refractivity contribution in [2.24, 2.45) is 0 Å². The fourth-order valence-corrected chi connectivity index (χ4v) is 2.33. The van der Waals surface area contributed by atoms with Crippen molar-refractivity contribution in [1.82, 2.24) is 4.90 Å². The SMILES string of the molecule is COC1CCN(C(=O)CCc2ccc(Cl)cc2)C1. The van der Waals surface area contributed by atoms with Crippen LogP contribution in [0.25, 0.3) is 0 Å². The monoisotopic (exact) mass is 267 g/mol. The maximum atomic E-state index is 12.0. The number of benzene rings is 1. The van der Waals surface area contributed by atoms with Crippen LogP contribution in [0.2, 0.25) is 5.02 Å². The van der Waals surface area contributed by atoms with Gasteiger partial charge in [-0.05, 0) is 30.5 Å². The number of ether oxygens (including phenoxy) is 1. The molecular weight excluding hydrogens is 250 g/mol. The average Bonchev–Trinajstić information content (AvgIpc) is 2.86. The van der Waals surface area contributed by atoms with Gasteiger partial charge in [0.1, 0.15) is 0 Å². The molecule has 1 atom stereocenters. The third-order valence-corrected chi connectivity index (χ3v) is 3.62. The number of hydrogen-bond acceptors (Lipinski definition) is 2. The zero-order chi connectivity index (χ0) is 13.0. The Morgan fingerprint density at radius 2 is 2.17 bits per heavy atom. The highest BCUT2D eigenvalue weighted by Gasteiger charge is 2.25. The summed E-state index contributed by atoms with van der Waals surface area (Å²) in [6, 6.07) is 7.66. The maximum Gasteiger partial charge on any atom is 0.222 e. The molecule has 0 aliphatic carbocycles. The third-order valence-electron chi connectivity index (χ3n) is 3.37. The molecular formula is C14H18ClNO2. The Labute approximate surface area is 113 Å². The van der Waals surface area contributed by atoms with Crippen molar-refractivity contribution < 1.29 is 9.53 Å². The lowest BCUT2D eigenvalue weighted by Crippen LogP contribution is -2.30. The summed E-state index contributed by atoms with van der Waals surface area (Å²) in [7, 11) is 1.70. The molecule has 1 aromatic rings. The summed E-state index contributed by atoms with van der Waals surface area (Å²) >= 11 is 5.82. The number of carbonyl (C=O) groups excluding carboxylic acids is 1. The van der Waals surface area contributed by atoms with Gasteiger partial charge in [0.15, 0.2) is 0 Å². The first-order chi connectivity index (χ1) is 8.69. The molecule has 2 rings (SSSR count). The molecule has 1 saturated heterocycles. The second kappa shape index (κ2) is 6.21. The summed E-state index contributed by atoms with van der Waals surface area (Å²) in [4.78, 5) is 13.9. The lowest BCUT2D eigenvalue weighted by atomic mass is 10.1. The Morgan fingerprint density at radius 3 is 2.78 bits per heavy atom. The van der Waals surface area contributed by atoms with Crippen LogP contribution in [0.15, 0.2) is 24.3 Å². The molecule has 0 aromatic heterocycles. The Bertz CT molecular complexity index is 405. The number of carbonyl (C=O) groups is 1. The first kappa shape index (κ1) is 13.4. The molecule has 1 aromatic carbocycles. The van der Waals surface area contributed by atoms with Crippen LogP contribution < -0.4 is 0 Å². The van der Waals surface area contributed by atoms with Gasteiger partial charge in [0.2, 0.25) is 5.91 Å². The molecule has 0 radical (unpaired) electrons. The van der Waals surface area contributed by atoms with E-state index in [2.05, 4.69) is 0 Å². The van der Waals surface area contributed by atoms with Crippen molar-refractivity contribution in [3.8, 4) is 0 Å². The van der Waals surface area contributed by atoms with Gasteiger partial charge in [0.05, 0.1) is 6.10 Å². The summed E-state index contributed by atoms with van der Waals surface area (Å²) in [6.07, 6.45) is 2.48. The van der Waals surface area contributed by atoms with Gasteiger partial charge in [-0.15, -0.1) is 0 Å². The van der Waals surface area contributed by atoms with Gasteiger partial charge in [0.25, 0.3) is 0 Å². The Kier molecular flexibility index (Phi) is 4.61. The van der Waals surface area contributed by atoms with E-state index in [4.69, 9.17) is 16.3 Å². The molecule has 0 spiro atoms. The number of likely N-dealkylation sites (tertiary alicyclic amines) is 1.